The third kappa shape index (κ3) is 2.78. The van der Waals surface area contributed by atoms with Crippen LogP contribution in [0.3, 0.4) is 0 Å². The molecule has 1 unspecified atom stereocenters. The van der Waals surface area contributed by atoms with E-state index in [1.165, 1.54) is 0 Å². The molecule has 4 nitrogen and oxygen atoms in total. The van der Waals surface area contributed by atoms with Gasteiger partial charge in [-0.15, -0.1) is 0 Å². The van der Waals surface area contributed by atoms with Crippen molar-refractivity contribution in [2.45, 2.75) is 44.7 Å². The summed E-state index contributed by atoms with van der Waals surface area (Å²) in [6, 6.07) is 0.246. The Balaban J connectivity index is 1.84. The SMILES string of the molecule is CC(C(=O)NC1CC1)N1CCCC(=O)C1. The number of hydrogen-bond donors (Lipinski definition) is 1. The average Bonchev–Trinajstić information content (AvgIpc) is 3.00. The van der Waals surface area contributed by atoms with E-state index >= 15 is 0 Å². The van der Waals surface area contributed by atoms with Gasteiger partial charge in [-0.05, 0) is 32.7 Å². The normalized spacial score (nSPS) is 25.0. The van der Waals surface area contributed by atoms with Crippen molar-refractivity contribution in [3.05, 3.63) is 0 Å². The van der Waals surface area contributed by atoms with Crippen LogP contribution < -0.4 is 5.32 Å². The van der Waals surface area contributed by atoms with Gasteiger partial charge in [-0.25, -0.2) is 0 Å². The molecule has 0 aromatic heterocycles. The third-order valence-electron chi connectivity index (χ3n) is 3.13. The summed E-state index contributed by atoms with van der Waals surface area (Å²) >= 11 is 0. The number of hydrogen-bond acceptors (Lipinski definition) is 3. The number of nitrogens with zero attached hydrogens (tertiary/aromatic N) is 1. The highest BCUT2D eigenvalue weighted by molar-refractivity contribution is 5.85. The molecule has 1 amide bonds. The maximum atomic E-state index is 11.7. The van der Waals surface area contributed by atoms with Gasteiger partial charge >= 0.3 is 0 Å². The van der Waals surface area contributed by atoms with Crippen LogP contribution >= 0.6 is 0 Å². The van der Waals surface area contributed by atoms with Crippen LogP contribution in [0, 0.1) is 0 Å². The second kappa shape index (κ2) is 4.31. The predicted octanol–water partition coefficient (Wildman–Crippen LogP) is 0.318. The van der Waals surface area contributed by atoms with Gasteiger partial charge < -0.3 is 5.32 Å². The summed E-state index contributed by atoms with van der Waals surface area (Å²) in [7, 11) is 0. The molecule has 0 bridgehead atoms. The molecule has 1 aliphatic heterocycles. The second-order valence-electron chi connectivity index (χ2n) is 4.57. The van der Waals surface area contributed by atoms with E-state index in [0.717, 1.165) is 25.8 Å². The van der Waals surface area contributed by atoms with Crippen molar-refractivity contribution in [1.82, 2.24) is 10.2 Å². The van der Waals surface area contributed by atoms with Crippen LogP contribution in [0.15, 0.2) is 0 Å². The van der Waals surface area contributed by atoms with Gasteiger partial charge in [0.25, 0.3) is 0 Å². The molecule has 15 heavy (non-hydrogen) atoms. The number of carbonyl (C=O) groups excluding carboxylic acids is 2. The van der Waals surface area contributed by atoms with Gasteiger partial charge in [0.15, 0.2) is 0 Å². The molecule has 4 heteroatoms. The number of amides is 1. The average molecular weight is 210 g/mol. The van der Waals surface area contributed by atoms with Gasteiger partial charge in [0.05, 0.1) is 12.6 Å². The molecule has 1 aliphatic carbocycles. The van der Waals surface area contributed by atoms with Gasteiger partial charge in [-0.3, -0.25) is 14.5 Å². The smallest absolute Gasteiger partial charge is 0.237 e. The molecule has 1 saturated carbocycles. The first-order valence-electron chi connectivity index (χ1n) is 5.73. The van der Waals surface area contributed by atoms with Gasteiger partial charge in [0.2, 0.25) is 5.91 Å². The van der Waals surface area contributed by atoms with E-state index in [2.05, 4.69) is 5.32 Å². The van der Waals surface area contributed by atoms with Crippen LogP contribution in [-0.2, 0) is 9.59 Å². The molecule has 1 heterocycles. The van der Waals surface area contributed by atoms with E-state index in [4.69, 9.17) is 0 Å². The number of piperidine rings is 1. The fourth-order valence-electron chi connectivity index (χ4n) is 1.91. The first-order valence-corrected chi connectivity index (χ1v) is 5.73. The van der Waals surface area contributed by atoms with Crippen LogP contribution in [0.25, 0.3) is 0 Å². The molecule has 0 aromatic carbocycles. The van der Waals surface area contributed by atoms with Crippen LogP contribution in [0.2, 0.25) is 0 Å². The minimum Gasteiger partial charge on any atom is -0.352 e. The van der Waals surface area contributed by atoms with Gasteiger partial charge in [-0.1, -0.05) is 0 Å². The summed E-state index contributed by atoms with van der Waals surface area (Å²) in [4.78, 5) is 25.0. The van der Waals surface area contributed by atoms with Crippen molar-refractivity contribution in [3.63, 3.8) is 0 Å². The van der Waals surface area contributed by atoms with E-state index in [0.29, 0.717) is 19.0 Å². The first-order chi connectivity index (χ1) is 7.16. The fraction of sp³-hybridized carbons (Fsp3) is 0.818. The summed E-state index contributed by atoms with van der Waals surface area (Å²) in [5.74, 6) is 0.333. The maximum absolute atomic E-state index is 11.7. The van der Waals surface area contributed by atoms with Gasteiger partial charge in [-0.2, -0.15) is 0 Å². The molecular formula is C11H18N2O2. The largest absolute Gasteiger partial charge is 0.352 e. The molecule has 1 N–H and O–H groups in total. The van der Waals surface area contributed by atoms with Crippen molar-refractivity contribution in [3.8, 4) is 0 Å². The van der Waals surface area contributed by atoms with E-state index < -0.39 is 0 Å². The van der Waals surface area contributed by atoms with Crippen molar-refractivity contribution >= 4 is 11.7 Å². The Hall–Kier alpha value is -0.900. The molecular weight excluding hydrogens is 192 g/mol. The minimum atomic E-state index is -0.158. The maximum Gasteiger partial charge on any atom is 0.237 e. The second-order valence-corrected chi connectivity index (χ2v) is 4.57. The summed E-state index contributed by atoms with van der Waals surface area (Å²) in [6.07, 6.45) is 3.78. The summed E-state index contributed by atoms with van der Waals surface area (Å²) < 4.78 is 0. The monoisotopic (exact) mass is 210 g/mol. The van der Waals surface area contributed by atoms with Crippen molar-refractivity contribution < 1.29 is 9.59 Å². The molecule has 2 aliphatic rings. The highest BCUT2D eigenvalue weighted by Crippen LogP contribution is 2.19. The van der Waals surface area contributed by atoms with E-state index in [1.54, 1.807) is 0 Å². The van der Waals surface area contributed by atoms with Gasteiger partial charge in [0, 0.05) is 12.5 Å². The molecule has 2 fully saturated rings. The Bertz CT molecular complexity index is 274. The minimum absolute atomic E-state index is 0.0761. The lowest BCUT2D eigenvalue weighted by atomic mass is 10.1. The number of carbonyl (C=O) groups is 2. The molecule has 0 radical (unpaired) electrons. The number of nitrogens with one attached hydrogen (secondary N) is 1. The van der Waals surface area contributed by atoms with Crippen LogP contribution in [-0.4, -0.2) is 41.8 Å². The lowest BCUT2D eigenvalue weighted by Crippen LogP contribution is -2.49. The molecule has 1 atom stereocenters. The van der Waals surface area contributed by atoms with Crippen LogP contribution in [0.5, 0.6) is 0 Å². The summed E-state index contributed by atoms with van der Waals surface area (Å²) in [5.41, 5.74) is 0. The fourth-order valence-corrected chi connectivity index (χ4v) is 1.91. The van der Waals surface area contributed by atoms with Crippen LogP contribution in [0.4, 0.5) is 0 Å². The van der Waals surface area contributed by atoms with Crippen LogP contribution in [0.1, 0.15) is 32.6 Å². The summed E-state index contributed by atoms with van der Waals surface area (Å²) in [6.45, 7) is 3.20. The van der Waals surface area contributed by atoms with Crippen molar-refractivity contribution in [2.75, 3.05) is 13.1 Å². The highest BCUT2D eigenvalue weighted by Gasteiger charge is 2.30. The Labute approximate surface area is 90.0 Å². The van der Waals surface area contributed by atoms with E-state index in [-0.39, 0.29) is 17.7 Å². The number of likely N-dealkylation sites (tertiary alicyclic amines) is 1. The number of ketones is 1. The summed E-state index contributed by atoms with van der Waals surface area (Å²) in [5, 5.41) is 2.97. The molecule has 2 rings (SSSR count). The number of Topliss-reactive ketones (excluding diaryl/α,β-unsaturated/α-hetero) is 1. The van der Waals surface area contributed by atoms with Gasteiger partial charge in [0.1, 0.15) is 5.78 Å². The standard InChI is InChI=1S/C11H18N2O2/c1-8(11(15)12-9-4-5-9)13-6-2-3-10(14)7-13/h8-9H,2-7H2,1H3,(H,12,15). The zero-order valence-electron chi connectivity index (χ0n) is 9.16. The molecule has 0 aromatic rings. The van der Waals surface area contributed by atoms with Crippen molar-refractivity contribution in [1.29, 1.82) is 0 Å². The Kier molecular flexibility index (Phi) is 3.05. The number of rotatable bonds is 3. The topological polar surface area (TPSA) is 49.4 Å². The molecule has 84 valence electrons. The quantitative estimate of drug-likeness (QED) is 0.729. The zero-order valence-corrected chi connectivity index (χ0v) is 9.16. The zero-order chi connectivity index (χ0) is 10.8. The first kappa shape index (κ1) is 10.6. The molecule has 1 saturated heterocycles. The lowest BCUT2D eigenvalue weighted by molar-refractivity contribution is -0.129. The Morgan fingerprint density at radius 3 is 2.87 bits per heavy atom. The van der Waals surface area contributed by atoms with E-state index in [9.17, 15) is 9.59 Å². The Morgan fingerprint density at radius 2 is 2.27 bits per heavy atom. The third-order valence-corrected chi connectivity index (χ3v) is 3.13. The van der Waals surface area contributed by atoms with E-state index in [1.807, 2.05) is 11.8 Å². The molecule has 0 spiro atoms. The Morgan fingerprint density at radius 1 is 1.53 bits per heavy atom. The highest BCUT2D eigenvalue weighted by atomic mass is 16.2. The van der Waals surface area contributed by atoms with Crippen molar-refractivity contribution in [2.24, 2.45) is 0 Å². The lowest BCUT2D eigenvalue weighted by Gasteiger charge is -2.30. The predicted molar refractivity (Wildman–Crippen MR) is 56.4 cm³/mol.